The number of carbonyl (C=O) groups is 1. The van der Waals surface area contributed by atoms with E-state index in [1.165, 1.54) is 0 Å². The number of methoxy groups -OCH3 is 1. The second-order valence-electron chi connectivity index (χ2n) is 8.84. The summed E-state index contributed by atoms with van der Waals surface area (Å²) in [6, 6.07) is 3.97. The van der Waals surface area contributed by atoms with Gasteiger partial charge in [0.1, 0.15) is 17.2 Å². The molecule has 3 aromatic rings. The van der Waals surface area contributed by atoms with Gasteiger partial charge in [-0.15, -0.1) is 0 Å². The van der Waals surface area contributed by atoms with Gasteiger partial charge in [0.05, 0.1) is 18.2 Å². The number of rotatable bonds is 3. The molecule has 0 bridgehead atoms. The van der Waals surface area contributed by atoms with Crippen LogP contribution in [0.1, 0.15) is 10.4 Å². The zero-order valence-electron chi connectivity index (χ0n) is 18.4. The van der Waals surface area contributed by atoms with Gasteiger partial charge in [0.25, 0.3) is 0 Å². The average Bonchev–Trinajstić information content (AvgIpc) is 3.59. The SMILES string of the molecule is COC(=O)c1cn(-c2ccc(F)cc2F)c2nc(N3CC4C5C(N)C45C3)c(F)cc2c1=O.[I][V]([I])[I]. The molecule has 1 saturated heterocycles. The number of halogens is 6. The first-order valence-corrected chi connectivity index (χ1v) is 24.1. The zero-order chi connectivity index (χ0) is 26.1. The Balaban J connectivity index is 0.000000623. The second kappa shape index (κ2) is 9.84. The third-order valence-electron chi connectivity index (χ3n) is 7.20. The predicted octanol–water partition coefficient (Wildman–Crippen LogP) is 4.64. The number of piperidine rings is 1. The van der Waals surface area contributed by atoms with Crippen LogP contribution in [0, 0.1) is 34.7 Å². The number of carbonyl (C=O) groups excluding carboxylic acids is 1. The molecule has 6 rings (SSSR count). The van der Waals surface area contributed by atoms with Crippen LogP contribution in [0.2, 0.25) is 0 Å². The molecule has 0 amide bonds. The number of hydrogen-bond acceptors (Lipinski definition) is 6. The van der Waals surface area contributed by atoms with Crippen LogP contribution in [-0.4, -0.2) is 41.8 Å². The first kappa shape index (κ1) is 27.0. The normalized spacial score (nSPS) is 25.2. The molecule has 4 atom stereocenters. The maximum absolute atomic E-state index is 15.1. The first-order valence-electron chi connectivity index (χ1n) is 10.6. The average molecular weight is 874 g/mol. The third-order valence-corrected chi connectivity index (χ3v) is 7.20. The molecule has 3 fully saturated rings. The molecule has 36 heavy (non-hydrogen) atoms. The number of pyridine rings is 2. The van der Waals surface area contributed by atoms with Gasteiger partial charge in [0, 0.05) is 36.8 Å². The summed E-state index contributed by atoms with van der Waals surface area (Å²) in [4.78, 5) is 30.9. The number of nitrogens with zero attached hydrogens (tertiary/aromatic N) is 3. The van der Waals surface area contributed by atoms with E-state index >= 15 is 4.39 Å². The Morgan fingerprint density at radius 1 is 1.22 bits per heavy atom. The van der Waals surface area contributed by atoms with Gasteiger partial charge in [-0.1, -0.05) is 0 Å². The molecule has 2 saturated carbocycles. The Kier molecular flexibility index (Phi) is 7.37. The van der Waals surface area contributed by atoms with Crippen molar-refractivity contribution >= 4 is 82.8 Å². The van der Waals surface area contributed by atoms with E-state index in [0.29, 0.717) is 31.0 Å². The minimum absolute atomic E-state index is 0.0263. The van der Waals surface area contributed by atoms with E-state index in [1.54, 1.807) is 4.90 Å². The fourth-order valence-electron chi connectivity index (χ4n) is 5.43. The van der Waals surface area contributed by atoms with Gasteiger partial charge in [-0.25, -0.2) is 22.9 Å². The molecule has 14 heteroatoms. The minimum atomic E-state index is -0.967. The number of fused-ring (bicyclic) bond motifs is 2. The van der Waals surface area contributed by atoms with Gasteiger partial charge in [-0.3, -0.25) is 9.36 Å². The van der Waals surface area contributed by atoms with Gasteiger partial charge < -0.3 is 15.4 Å². The van der Waals surface area contributed by atoms with Crippen LogP contribution in [0.3, 0.4) is 0 Å². The summed E-state index contributed by atoms with van der Waals surface area (Å²) in [5, 5.41) is -0.221. The van der Waals surface area contributed by atoms with Crippen molar-refractivity contribution in [2.45, 2.75) is 6.04 Å². The number of ether oxygens (including phenoxy) is 1. The summed E-state index contributed by atoms with van der Waals surface area (Å²) in [5.74, 6) is -2.51. The Labute approximate surface area is 241 Å². The molecule has 7 nitrogen and oxygen atoms in total. The molecular weight excluding hydrogens is 857 g/mol. The summed E-state index contributed by atoms with van der Waals surface area (Å²) in [5.41, 5.74) is 4.66. The predicted molar refractivity (Wildman–Crippen MR) is 150 cm³/mol. The molecular formula is C22H17F3I3N4O3V. The Bertz CT molecular complexity index is 1470. The zero-order valence-corrected chi connectivity index (χ0v) is 26.3. The standard InChI is InChI=1S/C22H17F3N4O3.3HI.V/c1-32-21(31)11-6-29(15-3-2-9(23)4-13(15)24)19-10(17(11)30)5-14(25)20(27-19)28-7-12-16-18(26)22(12,16)8-28;;;;/h2-6,12,16,18H,7-8,26H2,1H3;3*1H;/q;;;;+3/p-3. The summed E-state index contributed by atoms with van der Waals surface area (Å²) < 4.78 is 49.0. The van der Waals surface area contributed by atoms with Crippen LogP contribution in [0.15, 0.2) is 35.3 Å². The van der Waals surface area contributed by atoms with Gasteiger partial charge in [0.15, 0.2) is 17.3 Å². The van der Waals surface area contributed by atoms with Crippen LogP contribution < -0.4 is 16.1 Å². The van der Waals surface area contributed by atoms with E-state index in [1.807, 2.05) is 0 Å². The number of benzene rings is 1. The molecule has 2 aromatic heterocycles. The quantitative estimate of drug-likeness (QED) is 0.305. The van der Waals surface area contributed by atoms with Crippen molar-refractivity contribution in [1.82, 2.24) is 9.55 Å². The Morgan fingerprint density at radius 2 is 1.92 bits per heavy atom. The molecule has 3 heterocycles. The molecule has 1 spiro atoms. The molecule has 190 valence electrons. The summed E-state index contributed by atoms with van der Waals surface area (Å²) >= 11 is 7.39. The van der Waals surface area contributed by atoms with Crippen LogP contribution in [0.5, 0.6) is 0 Å². The fraction of sp³-hybridized carbons (Fsp3) is 0.318. The molecule has 0 radical (unpaired) electrons. The molecule has 1 aliphatic heterocycles. The second-order valence-corrected chi connectivity index (χ2v) is 44.2. The van der Waals surface area contributed by atoms with E-state index in [-0.39, 0.29) is 38.9 Å². The summed E-state index contributed by atoms with van der Waals surface area (Å²) in [6.07, 6.45) is 1.08. The number of esters is 1. The first-order chi connectivity index (χ1) is 17.0. The van der Waals surface area contributed by atoms with Crippen molar-refractivity contribution in [1.29, 1.82) is 0 Å². The number of hydrogen-bond donors (Lipinski definition) is 1. The third kappa shape index (κ3) is 4.38. The van der Waals surface area contributed by atoms with Crippen molar-refractivity contribution in [3.8, 4) is 5.69 Å². The van der Waals surface area contributed by atoms with Crippen LogP contribution in [0.25, 0.3) is 16.7 Å². The van der Waals surface area contributed by atoms with E-state index in [2.05, 4.69) is 69.7 Å². The number of anilines is 1. The van der Waals surface area contributed by atoms with E-state index in [9.17, 15) is 18.4 Å². The monoisotopic (exact) mass is 874 g/mol. The van der Waals surface area contributed by atoms with Crippen molar-refractivity contribution in [2.75, 3.05) is 25.1 Å². The molecule has 1 aromatic carbocycles. The Morgan fingerprint density at radius 3 is 2.50 bits per heavy atom. The summed E-state index contributed by atoms with van der Waals surface area (Å²) in [7, 11) is 1.09. The van der Waals surface area contributed by atoms with Crippen LogP contribution in [0.4, 0.5) is 19.0 Å². The van der Waals surface area contributed by atoms with E-state index in [4.69, 9.17) is 5.73 Å². The molecule has 2 aliphatic carbocycles. The van der Waals surface area contributed by atoms with E-state index in [0.717, 1.165) is 36.1 Å². The number of nitrogens with two attached hydrogens (primary N) is 1. The fourth-order valence-corrected chi connectivity index (χ4v) is 5.43. The maximum atomic E-state index is 15.1. The van der Waals surface area contributed by atoms with Gasteiger partial charge in [0.2, 0.25) is 5.43 Å². The molecule has 4 unspecified atom stereocenters. The van der Waals surface area contributed by atoms with Crippen molar-refractivity contribution in [2.24, 2.45) is 23.0 Å². The van der Waals surface area contributed by atoms with Gasteiger partial charge >= 0.3 is 70.8 Å². The number of aromatic nitrogens is 2. The summed E-state index contributed by atoms with van der Waals surface area (Å²) in [6.45, 7) is 1.16. The van der Waals surface area contributed by atoms with Crippen LogP contribution >= 0.6 is 59.9 Å². The van der Waals surface area contributed by atoms with Crippen molar-refractivity contribution in [3.63, 3.8) is 0 Å². The van der Waals surface area contributed by atoms with E-state index < -0.39 is 34.4 Å². The van der Waals surface area contributed by atoms with Crippen molar-refractivity contribution in [3.05, 3.63) is 63.7 Å². The Hall–Kier alpha value is -0.626. The molecule has 2 N–H and O–H groups in total. The van der Waals surface area contributed by atoms with Crippen LogP contribution in [-0.2, 0) is 9.66 Å². The molecule has 3 aliphatic rings. The van der Waals surface area contributed by atoms with Crippen molar-refractivity contribution < 1.29 is 27.6 Å². The van der Waals surface area contributed by atoms with Gasteiger partial charge in [-0.05, 0) is 30.0 Å². The topological polar surface area (TPSA) is 90.5 Å². The van der Waals surface area contributed by atoms with Gasteiger partial charge in [-0.2, -0.15) is 0 Å².